The molecule has 1 rings (SSSR count). The molecule has 0 unspecified atom stereocenters. The van der Waals surface area contributed by atoms with E-state index >= 15 is 0 Å². The Morgan fingerprint density at radius 1 is 1.23 bits per heavy atom. The molecule has 0 saturated carbocycles. The molecule has 0 radical (unpaired) electrons. The molecule has 0 atom stereocenters. The number of nitrogens with two attached hydrogens (primary N) is 1. The van der Waals surface area contributed by atoms with Crippen molar-refractivity contribution in [3.8, 4) is 0 Å². The lowest BCUT2D eigenvalue weighted by atomic mass is 10.1. The average Bonchev–Trinajstić information content (AvgIpc) is 2.11. The van der Waals surface area contributed by atoms with Crippen LogP contribution in [0, 0.1) is 13.8 Å². The van der Waals surface area contributed by atoms with Gasteiger partial charge in [-0.2, -0.15) is 0 Å². The Hall–Kier alpha value is -1.16. The molecule has 0 saturated heterocycles. The summed E-state index contributed by atoms with van der Waals surface area (Å²) in [4.78, 5) is 8.59. The maximum atomic E-state index is 5.50. The summed E-state index contributed by atoms with van der Waals surface area (Å²) >= 11 is 0. The highest BCUT2D eigenvalue weighted by molar-refractivity contribution is 5.33. The van der Waals surface area contributed by atoms with Crippen LogP contribution in [-0.4, -0.2) is 23.6 Å². The summed E-state index contributed by atoms with van der Waals surface area (Å²) in [5.74, 6) is 0.677. The molecule has 72 valence electrons. The fourth-order valence-corrected chi connectivity index (χ4v) is 1.36. The van der Waals surface area contributed by atoms with Crippen LogP contribution >= 0.6 is 0 Å². The topological polar surface area (TPSA) is 63.8 Å². The summed E-state index contributed by atoms with van der Waals surface area (Å²) in [7, 11) is 1.82. The lowest BCUT2D eigenvalue weighted by molar-refractivity contribution is 0.897. The molecule has 3 N–H and O–H groups in total. The van der Waals surface area contributed by atoms with Gasteiger partial charge in [0.1, 0.15) is 0 Å². The molecule has 1 aromatic rings. The first kappa shape index (κ1) is 9.92. The van der Waals surface area contributed by atoms with Crippen molar-refractivity contribution < 1.29 is 0 Å². The maximum absolute atomic E-state index is 5.50. The van der Waals surface area contributed by atoms with Crippen LogP contribution in [0.5, 0.6) is 0 Å². The highest BCUT2D eigenvalue weighted by Gasteiger charge is 2.05. The van der Waals surface area contributed by atoms with Gasteiger partial charge in [0.2, 0.25) is 5.95 Å². The van der Waals surface area contributed by atoms with Crippen molar-refractivity contribution in [3.63, 3.8) is 0 Å². The molecule has 13 heavy (non-hydrogen) atoms. The van der Waals surface area contributed by atoms with Crippen molar-refractivity contribution in [2.45, 2.75) is 20.3 Å². The van der Waals surface area contributed by atoms with E-state index in [0.29, 0.717) is 12.5 Å². The molecule has 0 spiro atoms. The number of rotatable bonds is 3. The number of aryl methyl sites for hydroxylation is 2. The van der Waals surface area contributed by atoms with Gasteiger partial charge in [-0.15, -0.1) is 0 Å². The fourth-order valence-electron chi connectivity index (χ4n) is 1.36. The van der Waals surface area contributed by atoms with E-state index in [-0.39, 0.29) is 0 Å². The van der Waals surface area contributed by atoms with E-state index < -0.39 is 0 Å². The summed E-state index contributed by atoms with van der Waals surface area (Å²) in [6.07, 6.45) is 0.849. The zero-order valence-electron chi connectivity index (χ0n) is 8.39. The zero-order chi connectivity index (χ0) is 9.84. The summed E-state index contributed by atoms with van der Waals surface area (Å²) in [5.41, 5.74) is 8.70. The minimum atomic E-state index is 0.643. The van der Waals surface area contributed by atoms with E-state index in [9.17, 15) is 0 Å². The Bertz CT molecular complexity index is 273. The SMILES string of the molecule is CNc1nc(C)c(CCN)c(C)n1. The molecule has 1 aromatic heterocycles. The minimum absolute atomic E-state index is 0.643. The van der Waals surface area contributed by atoms with E-state index in [1.807, 2.05) is 20.9 Å². The van der Waals surface area contributed by atoms with Crippen LogP contribution in [0.15, 0.2) is 0 Å². The molecule has 4 heteroatoms. The van der Waals surface area contributed by atoms with E-state index in [0.717, 1.165) is 17.8 Å². The highest BCUT2D eigenvalue weighted by atomic mass is 15.1. The van der Waals surface area contributed by atoms with Gasteiger partial charge in [-0.3, -0.25) is 0 Å². The Balaban J connectivity index is 3.07. The second-order valence-corrected chi connectivity index (χ2v) is 2.99. The Kier molecular flexibility index (Phi) is 3.19. The molecule has 1 heterocycles. The second kappa shape index (κ2) is 4.18. The van der Waals surface area contributed by atoms with Crippen molar-refractivity contribution in [1.82, 2.24) is 9.97 Å². The largest absolute Gasteiger partial charge is 0.357 e. The van der Waals surface area contributed by atoms with Crippen LogP contribution in [0.1, 0.15) is 17.0 Å². The molecule has 0 aromatic carbocycles. The first-order valence-corrected chi connectivity index (χ1v) is 4.41. The Morgan fingerprint density at radius 3 is 2.15 bits per heavy atom. The number of hydrogen-bond donors (Lipinski definition) is 2. The van der Waals surface area contributed by atoms with Gasteiger partial charge in [0, 0.05) is 18.4 Å². The van der Waals surface area contributed by atoms with Gasteiger partial charge in [-0.05, 0) is 32.4 Å². The minimum Gasteiger partial charge on any atom is -0.357 e. The van der Waals surface area contributed by atoms with Crippen molar-refractivity contribution >= 4 is 5.95 Å². The van der Waals surface area contributed by atoms with Crippen LogP contribution in [0.3, 0.4) is 0 Å². The predicted molar refractivity (Wildman–Crippen MR) is 53.8 cm³/mol. The maximum Gasteiger partial charge on any atom is 0.222 e. The highest BCUT2D eigenvalue weighted by Crippen LogP contribution is 2.12. The number of nitrogens with zero attached hydrogens (tertiary/aromatic N) is 2. The van der Waals surface area contributed by atoms with Crippen LogP contribution < -0.4 is 11.1 Å². The van der Waals surface area contributed by atoms with Crippen LogP contribution in [-0.2, 0) is 6.42 Å². The Labute approximate surface area is 78.6 Å². The van der Waals surface area contributed by atoms with Gasteiger partial charge < -0.3 is 11.1 Å². The van der Waals surface area contributed by atoms with Gasteiger partial charge >= 0.3 is 0 Å². The molecular formula is C9H16N4. The molecule has 0 amide bonds. The van der Waals surface area contributed by atoms with E-state index in [4.69, 9.17) is 5.73 Å². The monoisotopic (exact) mass is 180 g/mol. The third kappa shape index (κ3) is 2.15. The van der Waals surface area contributed by atoms with Gasteiger partial charge in [0.15, 0.2) is 0 Å². The molecule has 4 nitrogen and oxygen atoms in total. The zero-order valence-corrected chi connectivity index (χ0v) is 8.39. The van der Waals surface area contributed by atoms with Crippen molar-refractivity contribution in [2.75, 3.05) is 18.9 Å². The fraction of sp³-hybridized carbons (Fsp3) is 0.556. The van der Waals surface area contributed by atoms with E-state index in [2.05, 4.69) is 15.3 Å². The van der Waals surface area contributed by atoms with Crippen molar-refractivity contribution in [2.24, 2.45) is 5.73 Å². The van der Waals surface area contributed by atoms with Gasteiger partial charge in [0.25, 0.3) is 0 Å². The van der Waals surface area contributed by atoms with Crippen molar-refractivity contribution in [3.05, 3.63) is 17.0 Å². The third-order valence-corrected chi connectivity index (χ3v) is 2.04. The first-order valence-electron chi connectivity index (χ1n) is 4.41. The standard InChI is InChI=1S/C9H16N4/c1-6-8(4-5-10)7(2)13-9(11-3)12-6/h4-5,10H2,1-3H3,(H,11,12,13). The number of anilines is 1. The second-order valence-electron chi connectivity index (χ2n) is 2.99. The van der Waals surface area contributed by atoms with E-state index in [1.165, 1.54) is 5.56 Å². The van der Waals surface area contributed by atoms with Gasteiger partial charge in [-0.25, -0.2) is 9.97 Å². The van der Waals surface area contributed by atoms with E-state index in [1.54, 1.807) is 0 Å². The molecule has 0 aliphatic heterocycles. The molecule has 0 aliphatic carbocycles. The third-order valence-electron chi connectivity index (χ3n) is 2.04. The molecule has 0 bridgehead atoms. The first-order chi connectivity index (χ1) is 6.19. The van der Waals surface area contributed by atoms with Crippen LogP contribution in [0.25, 0.3) is 0 Å². The van der Waals surface area contributed by atoms with Crippen LogP contribution in [0.2, 0.25) is 0 Å². The molecule has 0 fully saturated rings. The summed E-state index contributed by atoms with van der Waals surface area (Å²) in [5, 5.41) is 2.92. The summed E-state index contributed by atoms with van der Waals surface area (Å²) < 4.78 is 0. The summed E-state index contributed by atoms with van der Waals surface area (Å²) in [6.45, 7) is 4.62. The molecule has 0 aliphatic rings. The van der Waals surface area contributed by atoms with Crippen LogP contribution in [0.4, 0.5) is 5.95 Å². The summed E-state index contributed by atoms with van der Waals surface area (Å²) in [6, 6.07) is 0. The average molecular weight is 180 g/mol. The predicted octanol–water partition coefficient (Wildman–Crippen LogP) is 0.636. The number of hydrogen-bond acceptors (Lipinski definition) is 4. The Morgan fingerprint density at radius 2 is 1.77 bits per heavy atom. The van der Waals surface area contributed by atoms with Gasteiger partial charge in [0.05, 0.1) is 0 Å². The number of aromatic nitrogens is 2. The quantitative estimate of drug-likeness (QED) is 0.716. The molecular weight excluding hydrogens is 164 g/mol. The van der Waals surface area contributed by atoms with Gasteiger partial charge in [-0.1, -0.05) is 0 Å². The van der Waals surface area contributed by atoms with Crippen molar-refractivity contribution in [1.29, 1.82) is 0 Å². The lowest BCUT2D eigenvalue weighted by Gasteiger charge is -2.08. The smallest absolute Gasteiger partial charge is 0.222 e. The normalized spacial score (nSPS) is 10.2. The lowest BCUT2D eigenvalue weighted by Crippen LogP contribution is -2.10. The number of nitrogens with one attached hydrogen (secondary N) is 1.